The fourth-order valence-corrected chi connectivity index (χ4v) is 3.23. The molecular formula is C16H26FNO2S. The Hall–Kier alpha value is -0.940. The third-order valence-electron chi connectivity index (χ3n) is 3.55. The molecule has 1 aromatic rings. The Balaban J connectivity index is 2.63. The summed E-state index contributed by atoms with van der Waals surface area (Å²) in [6, 6.07) is 6.55. The molecule has 120 valence electrons. The van der Waals surface area contributed by atoms with Crippen LogP contribution in [0, 0.1) is 11.7 Å². The van der Waals surface area contributed by atoms with Gasteiger partial charge in [0.05, 0.1) is 5.75 Å². The van der Waals surface area contributed by atoms with Gasteiger partial charge in [0.1, 0.15) is 15.7 Å². The van der Waals surface area contributed by atoms with Crippen LogP contribution in [0.5, 0.6) is 0 Å². The van der Waals surface area contributed by atoms with E-state index in [4.69, 9.17) is 0 Å². The summed E-state index contributed by atoms with van der Waals surface area (Å²) < 4.78 is 36.6. The fraction of sp³-hybridized carbons (Fsp3) is 0.625. The van der Waals surface area contributed by atoms with Crippen molar-refractivity contribution < 1.29 is 12.8 Å². The zero-order valence-corrected chi connectivity index (χ0v) is 13.8. The first-order valence-corrected chi connectivity index (χ1v) is 9.44. The molecule has 0 radical (unpaired) electrons. The SMILES string of the molecule is CCCNCC(CCS(=O)(=O)CC)Cc1cccc(F)c1. The smallest absolute Gasteiger partial charge is 0.150 e. The molecule has 0 aromatic heterocycles. The van der Waals surface area contributed by atoms with E-state index < -0.39 is 9.84 Å². The molecule has 1 rings (SSSR count). The molecule has 0 aliphatic heterocycles. The van der Waals surface area contributed by atoms with Crippen molar-refractivity contribution in [2.45, 2.75) is 33.1 Å². The van der Waals surface area contributed by atoms with Gasteiger partial charge >= 0.3 is 0 Å². The minimum atomic E-state index is -2.95. The number of rotatable bonds is 10. The first-order valence-electron chi connectivity index (χ1n) is 7.62. The lowest BCUT2D eigenvalue weighted by Crippen LogP contribution is -2.27. The van der Waals surface area contributed by atoms with Crippen molar-refractivity contribution in [1.29, 1.82) is 0 Å². The summed E-state index contributed by atoms with van der Waals surface area (Å²) in [5.41, 5.74) is 0.923. The number of halogens is 1. The Kier molecular flexibility index (Phi) is 7.89. The summed E-state index contributed by atoms with van der Waals surface area (Å²) in [7, 11) is -2.95. The monoisotopic (exact) mass is 315 g/mol. The lowest BCUT2D eigenvalue weighted by Gasteiger charge is -2.17. The minimum Gasteiger partial charge on any atom is -0.316 e. The Morgan fingerprint density at radius 3 is 2.67 bits per heavy atom. The Bertz CT molecular complexity index is 517. The van der Waals surface area contributed by atoms with Crippen molar-refractivity contribution in [3.8, 4) is 0 Å². The van der Waals surface area contributed by atoms with Gasteiger partial charge in [0.15, 0.2) is 0 Å². The molecule has 21 heavy (non-hydrogen) atoms. The summed E-state index contributed by atoms with van der Waals surface area (Å²) in [6.45, 7) is 5.45. The molecule has 1 atom stereocenters. The Morgan fingerprint density at radius 1 is 1.29 bits per heavy atom. The van der Waals surface area contributed by atoms with E-state index in [9.17, 15) is 12.8 Å². The molecule has 0 aliphatic carbocycles. The number of nitrogens with one attached hydrogen (secondary N) is 1. The van der Waals surface area contributed by atoms with Gasteiger partial charge in [0, 0.05) is 5.75 Å². The molecular weight excluding hydrogens is 289 g/mol. The van der Waals surface area contributed by atoms with Crippen molar-refractivity contribution in [3.05, 3.63) is 35.6 Å². The van der Waals surface area contributed by atoms with E-state index in [1.54, 1.807) is 13.0 Å². The van der Waals surface area contributed by atoms with E-state index in [2.05, 4.69) is 12.2 Å². The number of hydrogen-bond donors (Lipinski definition) is 1. The maximum Gasteiger partial charge on any atom is 0.150 e. The Morgan fingerprint density at radius 2 is 2.05 bits per heavy atom. The standard InChI is InChI=1S/C16H26FNO2S/c1-3-9-18-13-15(8-10-21(19,20)4-2)11-14-6-5-7-16(17)12-14/h5-7,12,15,18H,3-4,8-11,13H2,1-2H3. The van der Waals surface area contributed by atoms with Gasteiger partial charge in [-0.15, -0.1) is 0 Å². The summed E-state index contributed by atoms with van der Waals surface area (Å²) in [5, 5.41) is 3.34. The van der Waals surface area contributed by atoms with Gasteiger partial charge in [-0.05, 0) is 56.0 Å². The van der Waals surface area contributed by atoms with Crippen molar-refractivity contribution in [2.75, 3.05) is 24.6 Å². The minimum absolute atomic E-state index is 0.183. The van der Waals surface area contributed by atoms with E-state index in [1.807, 2.05) is 6.07 Å². The topological polar surface area (TPSA) is 46.2 Å². The van der Waals surface area contributed by atoms with Crippen LogP contribution in [-0.2, 0) is 16.3 Å². The third-order valence-corrected chi connectivity index (χ3v) is 5.29. The van der Waals surface area contributed by atoms with Gasteiger partial charge in [-0.2, -0.15) is 0 Å². The molecule has 3 nitrogen and oxygen atoms in total. The average molecular weight is 315 g/mol. The molecule has 0 heterocycles. The van der Waals surface area contributed by atoms with E-state index in [-0.39, 0.29) is 23.2 Å². The van der Waals surface area contributed by atoms with Gasteiger partial charge in [-0.1, -0.05) is 26.0 Å². The highest BCUT2D eigenvalue weighted by atomic mass is 32.2. The Labute approximate surface area is 127 Å². The summed E-state index contributed by atoms with van der Waals surface area (Å²) in [5.74, 6) is 0.355. The van der Waals surface area contributed by atoms with Crippen LogP contribution in [0.2, 0.25) is 0 Å². The van der Waals surface area contributed by atoms with Gasteiger partial charge in [0.2, 0.25) is 0 Å². The molecule has 0 amide bonds. The van der Waals surface area contributed by atoms with Crippen LogP contribution in [0.1, 0.15) is 32.3 Å². The quantitative estimate of drug-likeness (QED) is 0.675. The van der Waals surface area contributed by atoms with Gasteiger partial charge in [-0.25, -0.2) is 12.8 Å². The van der Waals surface area contributed by atoms with Crippen molar-refractivity contribution in [1.82, 2.24) is 5.32 Å². The lowest BCUT2D eigenvalue weighted by atomic mass is 9.96. The van der Waals surface area contributed by atoms with Crippen LogP contribution >= 0.6 is 0 Å². The number of benzene rings is 1. The van der Waals surface area contributed by atoms with Crippen LogP contribution in [0.4, 0.5) is 4.39 Å². The molecule has 1 N–H and O–H groups in total. The average Bonchev–Trinajstić information content (AvgIpc) is 2.45. The predicted molar refractivity (Wildman–Crippen MR) is 85.7 cm³/mol. The summed E-state index contributed by atoms with van der Waals surface area (Å²) in [6.07, 6.45) is 2.36. The van der Waals surface area contributed by atoms with Gasteiger partial charge < -0.3 is 5.32 Å². The van der Waals surface area contributed by atoms with Crippen LogP contribution in [-0.4, -0.2) is 33.0 Å². The van der Waals surface area contributed by atoms with E-state index >= 15 is 0 Å². The normalized spacial score (nSPS) is 13.3. The molecule has 0 saturated heterocycles. The number of sulfone groups is 1. The molecule has 0 bridgehead atoms. The van der Waals surface area contributed by atoms with Crippen LogP contribution < -0.4 is 5.32 Å². The molecule has 0 aliphatic rings. The first-order chi connectivity index (χ1) is 9.96. The second-order valence-corrected chi connectivity index (χ2v) is 7.90. The van der Waals surface area contributed by atoms with Crippen LogP contribution in [0.25, 0.3) is 0 Å². The maximum atomic E-state index is 13.2. The maximum absolute atomic E-state index is 13.2. The first kappa shape index (κ1) is 18.1. The number of hydrogen-bond acceptors (Lipinski definition) is 3. The second-order valence-electron chi connectivity index (χ2n) is 5.43. The van der Waals surface area contributed by atoms with Gasteiger partial charge in [0.25, 0.3) is 0 Å². The molecule has 0 fully saturated rings. The largest absolute Gasteiger partial charge is 0.316 e. The van der Waals surface area contributed by atoms with E-state index in [0.29, 0.717) is 12.8 Å². The summed E-state index contributed by atoms with van der Waals surface area (Å²) in [4.78, 5) is 0. The zero-order valence-electron chi connectivity index (χ0n) is 12.9. The summed E-state index contributed by atoms with van der Waals surface area (Å²) >= 11 is 0. The van der Waals surface area contributed by atoms with Crippen molar-refractivity contribution in [2.24, 2.45) is 5.92 Å². The van der Waals surface area contributed by atoms with Crippen molar-refractivity contribution in [3.63, 3.8) is 0 Å². The molecule has 0 spiro atoms. The molecule has 1 unspecified atom stereocenters. The second kappa shape index (κ2) is 9.15. The molecule has 0 saturated carbocycles. The highest BCUT2D eigenvalue weighted by Gasteiger charge is 2.15. The van der Waals surface area contributed by atoms with Crippen molar-refractivity contribution >= 4 is 9.84 Å². The van der Waals surface area contributed by atoms with Crippen LogP contribution in [0.15, 0.2) is 24.3 Å². The molecule has 1 aromatic carbocycles. The van der Waals surface area contributed by atoms with Gasteiger partial charge in [-0.3, -0.25) is 0 Å². The highest BCUT2D eigenvalue weighted by molar-refractivity contribution is 7.91. The van der Waals surface area contributed by atoms with E-state index in [1.165, 1.54) is 12.1 Å². The predicted octanol–water partition coefficient (Wildman–Crippen LogP) is 2.81. The third kappa shape index (κ3) is 7.58. The van der Waals surface area contributed by atoms with Crippen LogP contribution in [0.3, 0.4) is 0 Å². The van der Waals surface area contributed by atoms with E-state index in [0.717, 1.165) is 25.1 Å². The zero-order chi connectivity index (χ0) is 15.7. The fourth-order valence-electron chi connectivity index (χ4n) is 2.25. The lowest BCUT2D eigenvalue weighted by molar-refractivity contribution is 0.457. The highest BCUT2D eigenvalue weighted by Crippen LogP contribution is 2.14. The molecule has 5 heteroatoms.